The first-order chi connectivity index (χ1) is 8.08. The number of thiophene rings is 1. The summed E-state index contributed by atoms with van der Waals surface area (Å²) in [5.41, 5.74) is 8.74. The van der Waals surface area contributed by atoms with Crippen molar-refractivity contribution in [2.45, 2.75) is 19.4 Å². The maximum Gasteiger partial charge on any atom is 0.0347 e. The zero-order valence-corrected chi connectivity index (χ0v) is 13.4. The van der Waals surface area contributed by atoms with Crippen LogP contribution in [-0.4, -0.2) is 0 Å². The van der Waals surface area contributed by atoms with Crippen molar-refractivity contribution < 1.29 is 0 Å². The SMILES string of the molecule is Cc1ccc(Br)cc1C(N)Cc1sccc1Br. The van der Waals surface area contributed by atoms with Crippen molar-refractivity contribution in [1.82, 2.24) is 0 Å². The highest BCUT2D eigenvalue weighted by Crippen LogP contribution is 2.29. The molecule has 0 spiro atoms. The first-order valence-electron chi connectivity index (χ1n) is 5.31. The summed E-state index contributed by atoms with van der Waals surface area (Å²) in [4.78, 5) is 1.30. The van der Waals surface area contributed by atoms with Crippen molar-refractivity contribution in [2.24, 2.45) is 5.73 Å². The third-order valence-corrected chi connectivity index (χ3v) is 5.18. The first-order valence-corrected chi connectivity index (χ1v) is 7.78. The molecule has 1 heterocycles. The third-order valence-electron chi connectivity index (χ3n) is 2.74. The van der Waals surface area contributed by atoms with Crippen LogP contribution in [-0.2, 0) is 6.42 Å². The van der Waals surface area contributed by atoms with E-state index in [0.29, 0.717) is 0 Å². The summed E-state index contributed by atoms with van der Waals surface area (Å²) < 4.78 is 2.24. The lowest BCUT2D eigenvalue weighted by Crippen LogP contribution is -2.14. The summed E-state index contributed by atoms with van der Waals surface area (Å²) in [5.74, 6) is 0. The van der Waals surface area contributed by atoms with Gasteiger partial charge in [0.05, 0.1) is 0 Å². The molecule has 2 rings (SSSR count). The van der Waals surface area contributed by atoms with Crippen LogP contribution in [0.2, 0.25) is 0 Å². The Kier molecular flexibility index (Phi) is 4.42. The number of benzene rings is 1. The van der Waals surface area contributed by atoms with Gasteiger partial charge in [-0.05, 0) is 57.6 Å². The lowest BCUT2D eigenvalue weighted by molar-refractivity contribution is 0.722. The number of rotatable bonds is 3. The molecule has 1 aromatic heterocycles. The van der Waals surface area contributed by atoms with Crippen LogP contribution in [0.25, 0.3) is 0 Å². The van der Waals surface area contributed by atoms with Crippen LogP contribution < -0.4 is 5.73 Å². The van der Waals surface area contributed by atoms with Crippen molar-refractivity contribution in [1.29, 1.82) is 0 Å². The van der Waals surface area contributed by atoms with Gasteiger partial charge in [0.2, 0.25) is 0 Å². The Hall–Kier alpha value is -0.160. The topological polar surface area (TPSA) is 26.0 Å². The van der Waals surface area contributed by atoms with Crippen molar-refractivity contribution >= 4 is 43.2 Å². The molecule has 2 aromatic rings. The third kappa shape index (κ3) is 3.19. The number of hydrogen-bond donors (Lipinski definition) is 1. The minimum atomic E-state index is 0.0439. The molecule has 0 aliphatic heterocycles. The molecule has 1 aromatic carbocycles. The first kappa shape index (κ1) is 13.3. The second kappa shape index (κ2) is 5.65. The molecule has 2 N–H and O–H groups in total. The Labute approximate surface area is 122 Å². The highest BCUT2D eigenvalue weighted by molar-refractivity contribution is 9.10. The molecule has 1 nitrogen and oxygen atoms in total. The molecule has 90 valence electrons. The van der Waals surface area contributed by atoms with E-state index in [1.54, 1.807) is 11.3 Å². The molecule has 1 atom stereocenters. The predicted molar refractivity (Wildman–Crippen MR) is 81.5 cm³/mol. The van der Waals surface area contributed by atoms with Gasteiger partial charge in [0.25, 0.3) is 0 Å². The monoisotopic (exact) mass is 373 g/mol. The van der Waals surface area contributed by atoms with Gasteiger partial charge in [-0.1, -0.05) is 22.0 Å². The second-order valence-corrected chi connectivity index (χ2v) is 6.77. The molecule has 0 saturated heterocycles. The Balaban J connectivity index is 2.23. The van der Waals surface area contributed by atoms with E-state index in [-0.39, 0.29) is 6.04 Å². The van der Waals surface area contributed by atoms with E-state index in [4.69, 9.17) is 5.73 Å². The number of hydrogen-bond acceptors (Lipinski definition) is 2. The van der Waals surface area contributed by atoms with Gasteiger partial charge in [0, 0.05) is 26.3 Å². The van der Waals surface area contributed by atoms with Crippen molar-refractivity contribution in [2.75, 3.05) is 0 Å². The largest absolute Gasteiger partial charge is 0.324 e. The van der Waals surface area contributed by atoms with E-state index in [1.807, 2.05) is 6.07 Å². The van der Waals surface area contributed by atoms with Gasteiger partial charge in [-0.15, -0.1) is 11.3 Å². The van der Waals surface area contributed by atoms with Gasteiger partial charge >= 0.3 is 0 Å². The van der Waals surface area contributed by atoms with E-state index in [9.17, 15) is 0 Å². The van der Waals surface area contributed by atoms with E-state index in [0.717, 1.165) is 15.4 Å². The van der Waals surface area contributed by atoms with Crippen LogP contribution in [0.1, 0.15) is 22.0 Å². The molecule has 0 radical (unpaired) electrons. The summed E-state index contributed by atoms with van der Waals surface area (Å²) in [6.45, 7) is 2.10. The van der Waals surface area contributed by atoms with E-state index < -0.39 is 0 Å². The van der Waals surface area contributed by atoms with E-state index >= 15 is 0 Å². The van der Waals surface area contributed by atoms with Gasteiger partial charge in [-0.25, -0.2) is 0 Å². The fraction of sp³-hybridized carbons (Fsp3) is 0.231. The van der Waals surface area contributed by atoms with Gasteiger partial charge in [0.15, 0.2) is 0 Å². The maximum absolute atomic E-state index is 6.29. The Morgan fingerprint density at radius 1 is 1.29 bits per heavy atom. The summed E-state index contributed by atoms with van der Waals surface area (Å²) in [7, 11) is 0. The average Bonchev–Trinajstić information content (AvgIpc) is 2.68. The summed E-state index contributed by atoms with van der Waals surface area (Å²) in [5, 5.41) is 2.08. The van der Waals surface area contributed by atoms with Crippen LogP contribution in [0.5, 0.6) is 0 Å². The molecule has 17 heavy (non-hydrogen) atoms. The Morgan fingerprint density at radius 2 is 2.06 bits per heavy atom. The summed E-state index contributed by atoms with van der Waals surface area (Å²) in [6, 6.07) is 8.37. The van der Waals surface area contributed by atoms with Crippen LogP contribution in [0.4, 0.5) is 0 Å². The smallest absolute Gasteiger partial charge is 0.0347 e. The molecule has 0 amide bonds. The average molecular weight is 375 g/mol. The van der Waals surface area contributed by atoms with Crippen LogP contribution >= 0.6 is 43.2 Å². The molecule has 0 aliphatic carbocycles. The van der Waals surface area contributed by atoms with Crippen molar-refractivity contribution in [3.8, 4) is 0 Å². The Morgan fingerprint density at radius 3 is 2.71 bits per heavy atom. The fourth-order valence-corrected chi connectivity index (χ4v) is 3.74. The molecular weight excluding hydrogens is 362 g/mol. The highest BCUT2D eigenvalue weighted by atomic mass is 79.9. The molecule has 0 aliphatic rings. The quantitative estimate of drug-likeness (QED) is 0.818. The zero-order valence-electron chi connectivity index (χ0n) is 9.41. The standard InChI is InChI=1S/C13H13Br2NS/c1-8-2-3-9(14)6-10(8)12(16)7-13-11(15)4-5-17-13/h2-6,12H,7,16H2,1H3. The van der Waals surface area contributed by atoms with Gasteiger partial charge in [0.1, 0.15) is 0 Å². The number of aryl methyl sites for hydroxylation is 1. The predicted octanol–water partition coefficient (Wildman–Crippen LogP) is 4.82. The minimum Gasteiger partial charge on any atom is -0.324 e. The lowest BCUT2D eigenvalue weighted by Gasteiger charge is -2.14. The second-order valence-electron chi connectivity index (χ2n) is 4.00. The van der Waals surface area contributed by atoms with Crippen molar-refractivity contribution in [3.05, 3.63) is 54.6 Å². The maximum atomic E-state index is 6.29. The van der Waals surface area contributed by atoms with Crippen LogP contribution in [0.3, 0.4) is 0 Å². The summed E-state index contributed by atoms with van der Waals surface area (Å²) >= 11 is 8.78. The van der Waals surface area contributed by atoms with Crippen LogP contribution in [0, 0.1) is 6.92 Å². The van der Waals surface area contributed by atoms with Gasteiger partial charge in [-0.3, -0.25) is 0 Å². The van der Waals surface area contributed by atoms with E-state index in [2.05, 4.69) is 62.4 Å². The zero-order chi connectivity index (χ0) is 12.4. The van der Waals surface area contributed by atoms with E-state index in [1.165, 1.54) is 16.0 Å². The Bertz CT molecular complexity index is 522. The van der Waals surface area contributed by atoms with Crippen molar-refractivity contribution in [3.63, 3.8) is 0 Å². The minimum absolute atomic E-state index is 0.0439. The molecule has 0 bridgehead atoms. The lowest BCUT2D eigenvalue weighted by atomic mass is 9.99. The summed E-state index contributed by atoms with van der Waals surface area (Å²) in [6.07, 6.45) is 0.871. The van der Waals surface area contributed by atoms with Gasteiger partial charge in [-0.2, -0.15) is 0 Å². The molecule has 1 unspecified atom stereocenters. The number of halogens is 2. The molecule has 0 fully saturated rings. The van der Waals surface area contributed by atoms with Crippen LogP contribution in [0.15, 0.2) is 38.6 Å². The number of nitrogens with two attached hydrogens (primary N) is 1. The fourth-order valence-electron chi connectivity index (χ4n) is 1.79. The highest BCUT2D eigenvalue weighted by Gasteiger charge is 2.12. The normalized spacial score (nSPS) is 12.7. The molecular formula is C13H13Br2NS. The molecule has 4 heteroatoms. The molecule has 0 saturated carbocycles. The van der Waals surface area contributed by atoms with Gasteiger partial charge < -0.3 is 5.73 Å².